The van der Waals surface area contributed by atoms with E-state index in [1.807, 2.05) is 0 Å². The van der Waals surface area contributed by atoms with Crippen LogP contribution >= 0.6 is 0 Å². The van der Waals surface area contributed by atoms with Crippen molar-refractivity contribution in [2.24, 2.45) is 5.92 Å². The molecular weight excluding hydrogens is 452 g/mol. The molecule has 1 fully saturated rings. The van der Waals surface area contributed by atoms with E-state index in [0.29, 0.717) is 18.9 Å². The van der Waals surface area contributed by atoms with Crippen molar-refractivity contribution in [3.63, 3.8) is 0 Å². The Morgan fingerprint density at radius 3 is 2.03 bits per heavy atom. The average Bonchev–Trinajstić information content (AvgIpc) is 2.69. The van der Waals surface area contributed by atoms with Crippen LogP contribution in [-0.2, 0) is 47.6 Å². The summed E-state index contributed by atoms with van der Waals surface area (Å²) in [5.41, 5.74) is 0. The van der Waals surface area contributed by atoms with E-state index in [4.69, 9.17) is 28.4 Å². The molecule has 4 unspecified atom stereocenters. The molecule has 194 valence electrons. The Morgan fingerprint density at radius 2 is 1.50 bits per heavy atom. The third-order valence-electron chi connectivity index (χ3n) is 5.06. The lowest BCUT2D eigenvalue weighted by Crippen LogP contribution is -2.51. The Hall–Kier alpha value is -2.50. The quantitative estimate of drug-likeness (QED) is 0.146. The maximum Gasteiger partial charge on any atom is 0.303 e. The van der Waals surface area contributed by atoms with Gasteiger partial charge in [0.15, 0.2) is 18.5 Å². The first-order chi connectivity index (χ1) is 16.0. The molecule has 34 heavy (non-hydrogen) atoms. The molecule has 0 aromatic heterocycles. The van der Waals surface area contributed by atoms with Crippen LogP contribution in [0.15, 0.2) is 12.7 Å². The summed E-state index contributed by atoms with van der Waals surface area (Å²) in [6, 6.07) is 0. The Kier molecular flexibility index (Phi) is 13.4. The first-order valence-electron chi connectivity index (χ1n) is 11.2. The summed E-state index contributed by atoms with van der Waals surface area (Å²) >= 11 is 0. The van der Waals surface area contributed by atoms with Gasteiger partial charge in [-0.25, -0.2) is 0 Å². The molecule has 4 atom stereocenters. The van der Waals surface area contributed by atoms with Crippen LogP contribution in [0.5, 0.6) is 0 Å². The van der Waals surface area contributed by atoms with Gasteiger partial charge in [-0.05, 0) is 25.2 Å². The van der Waals surface area contributed by atoms with Crippen LogP contribution in [0.3, 0.4) is 0 Å². The normalized spacial score (nSPS) is 20.6. The van der Waals surface area contributed by atoms with E-state index >= 15 is 0 Å². The standard InChI is InChI=1S/C23H36O11/c1-6-9-30-19-12-18(13-19)7-10-31-23(28)22(34-17(5)27)21(33-16(4)26)20(32-15(3)25)8-11-29-14(2)24/h6,18-23,28H,1,7-13H2,2-5H3. The molecule has 0 saturated heterocycles. The number of hydrogen-bond donors (Lipinski definition) is 1. The molecule has 11 heteroatoms. The van der Waals surface area contributed by atoms with E-state index in [2.05, 4.69) is 6.58 Å². The Morgan fingerprint density at radius 1 is 0.912 bits per heavy atom. The van der Waals surface area contributed by atoms with Gasteiger partial charge in [0.25, 0.3) is 0 Å². The zero-order valence-electron chi connectivity index (χ0n) is 20.2. The molecule has 1 saturated carbocycles. The number of rotatable bonds is 16. The second-order valence-electron chi connectivity index (χ2n) is 8.06. The van der Waals surface area contributed by atoms with Gasteiger partial charge in [0.1, 0.15) is 6.10 Å². The first-order valence-corrected chi connectivity index (χ1v) is 11.2. The number of carbonyl (C=O) groups is 4. The fraction of sp³-hybridized carbons (Fsp3) is 0.739. The van der Waals surface area contributed by atoms with E-state index in [1.54, 1.807) is 6.08 Å². The van der Waals surface area contributed by atoms with Gasteiger partial charge in [0.2, 0.25) is 0 Å². The zero-order valence-corrected chi connectivity index (χ0v) is 20.2. The molecule has 0 spiro atoms. The number of aliphatic hydroxyl groups excluding tert-OH is 1. The first kappa shape index (κ1) is 29.5. The SMILES string of the molecule is C=CCOC1CC(CCOC(O)C(OC(C)=O)C(OC(C)=O)C(CCOC(C)=O)OC(C)=O)C1. The van der Waals surface area contributed by atoms with E-state index in [-0.39, 0.29) is 25.7 Å². The van der Waals surface area contributed by atoms with E-state index in [9.17, 15) is 24.3 Å². The number of ether oxygens (including phenoxy) is 6. The van der Waals surface area contributed by atoms with Gasteiger partial charge in [-0.2, -0.15) is 0 Å². The summed E-state index contributed by atoms with van der Waals surface area (Å²) in [6.45, 7) is 8.67. The minimum atomic E-state index is -1.67. The highest BCUT2D eigenvalue weighted by Crippen LogP contribution is 2.33. The van der Waals surface area contributed by atoms with E-state index in [0.717, 1.165) is 33.6 Å². The van der Waals surface area contributed by atoms with Gasteiger partial charge in [0, 0.05) is 34.1 Å². The molecular formula is C23H36O11. The predicted octanol–water partition coefficient (Wildman–Crippen LogP) is 1.44. The summed E-state index contributed by atoms with van der Waals surface area (Å²) < 4.78 is 31.6. The highest BCUT2D eigenvalue weighted by atomic mass is 16.7. The number of esters is 4. The Balaban J connectivity index is 2.84. The van der Waals surface area contributed by atoms with Crippen LogP contribution < -0.4 is 0 Å². The van der Waals surface area contributed by atoms with Crippen molar-refractivity contribution in [3.8, 4) is 0 Å². The molecule has 1 aliphatic rings. The van der Waals surface area contributed by atoms with Crippen LogP contribution in [0.1, 0.15) is 53.4 Å². The van der Waals surface area contributed by atoms with Gasteiger partial charge >= 0.3 is 23.9 Å². The van der Waals surface area contributed by atoms with Crippen molar-refractivity contribution >= 4 is 23.9 Å². The largest absolute Gasteiger partial charge is 0.466 e. The molecule has 0 heterocycles. The van der Waals surface area contributed by atoms with Crippen molar-refractivity contribution in [1.29, 1.82) is 0 Å². The van der Waals surface area contributed by atoms with E-state index < -0.39 is 48.5 Å². The summed E-state index contributed by atoms with van der Waals surface area (Å²) in [5, 5.41) is 10.7. The summed E-state index contributed by atoms with van der Waals surface area (Å²) in [6.07, 6.45) is -1.60. The van der Waals surface area contributed by atoms with Crippen LogP contribution in [0.4, 0.5) is 0 Å². The molecule has 1 rings (SSSR count). The van der Waals surface area contributed by atoms with Gasteiger partial charge in [0.05, 0.1) is 25.9 Å². The third-order valence-corrected chi connectivity index (χ3v) is 5.06. The molecule has 0 radical (unpaired) electrons. The molecule has 0 amide bonds. The predicted molar refractivity (Wildman–Crippen MR) is 117 cm³/mol. The second kappa shape index (κ2) is 15.4. The summed E-state index contributed by atoms with van der Waals surface area (Å²) in [5.74, 6) is -2.44. The minimum Gasteiger partial charge on any atom is -0.466 e. The molecule has 11 nitrogen and oxygen atoms in total. The number of aliphatic hydroxyl groups is 1. The zero-order chi connectivity index (χ0) is 25.7. The fourth-order valence-corrected chi connectivity index (χ4v) is 3.55. The number of carbonyl (C=O) groups excluding carboxylic acids is 4. The maximum absolute atomic E-state index is 11.8. The molecule has 0 aliphatic heterocycles. The van der Waals surface area contributed by atoms with Crippen molar-refractivity contribution in [3.05, 3.63) is 12.7 Å². The summed E-state index contributed by atoms with van der Waals surface area (Å²) in [4.78, 5) is 46.2. The van der Waals surface area contributed by atoms with Gasteiger partial charge in [-0.3, -0.25) is 19.2 Å². The van der Waals surface area contributed by atoms with Crippen LogP contribution in [0, 0.1) is 5.92 Å². The summed E-state index contributed by atoms with van der Waals surface area (Å²) in [7, 11) is 0. The van der Waals surface area contributed by atoms with Gasteiger partial charge < -0.3 is 33.5 Å². The molecule has 0 aromatic carbocycles. The van der Waals surface area contributed by atoms with Crippen LogP contribution in [0.2, 0.25) is 0 Å². The van der Waals surface area contributed by atoms with Gasteiger partial charge in [-0.1, -0.05) is 6.08 Å². The molecule has 0 aromatic rings. The molecule has 1 N–H and O–H groups in total. The Bertz CT molecular complexity index is 686. The van der Waals surface area contributed by atoms with Crippen molar-refractivity contribution in [2.75, 3.05) is 19.8 Å². The van der Waals surface area contributed by atoms with Crippen molar-refractivity contribution in [2.45, 2.75) is 84.1 Å². The highest BCUT2D eigenvalue weighted by Gasteiger charge is 2.42. The lowest BCUT2D eigenvalue weighted by molar-refractivity contribution is -0.230. The highest BCUT2D eigenvalue weighted by molar-refractivity contribution is 5.68. The monoisotopic (exact) mass is 488 g/mol. The lowest BCUT2D eigenvalue weighted by atomic mass is 9.80. The molecule has 0 bridgehead atoms. The maximum atomic E-state index is 11.8. The van der Waals surface area contributed by atoms with Gasteiger partial charge in [-0.15, -0.1) is 6.58 Å². The van der Waals surface area contributed by atoms with Crippen molar-refractivity contribution < 1.29 is 52.7 Å². The molecule has 1 aliphatic carbocycles. The third kappa shape index (κ3) is 11.6. The second-order valence-corrected chi connectivity index (χ2v) is 8.06. The smallest absolute Gasteiger partial charge is 0.303 e. The van der Waals surface area contributed by atoms with E-state index in [1.165, 1.54) is 6.92 Å². The van der Waals surface area contributed by atoms with Crippen LogP contribution in [0.25, 0.3) is 0 Å². The van der Waals surface area contributed by atoms with Crippen LogP contribution in [-0.4, -0.2) is 79.5 Å². The lowest BCUT2D eigenvalue weighted by Gasteiger charge is -2.36. The minimum absolute atomic E-state index is 0.0736. The average molecular weight is 489 g/mol. The van der Waals surface area contributed by atoms with Crippen molar-refractivity contribution in [1.82, 2.24) is 0 Å². The number of hydrogen-bond acceptors (Lipinski definition) is 11. The topological polar surface area (TPSA) is 144 Å². The Labute approximate surface area is 199 Å². The fourth-order valence-electron chi connectivity index (χ4n) is 3.55.